The summed E-state index contributed by atoms with van der Waals surface area (Å²) in [6.07, 6.45) is 0. The van der Waals surface area contributed by atoms with E-state index in [1.807, 2.05) is 56.4 Å². The number of benzene rings is 2. The number of likely N-dealkylation sites (N-methyl/N-ethyl adjacent to an activating group) is 1. The van der Waals surface area contributed by atoms with Crippen molar-refractivity contribution in [3.05, 3.63) is 59.1 Å². The molecule has 0 bridgehead atoms. The molecule has 0 aliphatic rings. The van der Waals surface area contributed by atoms with Gasteiger partial charge in [-0.1, -0.05) is 29.8 Å². The molecule has 0 saturated carbocycles. The molecule has 1 unspecified atom stereocenters. The maximum absolute atomic E-state index is 12.1. The predicted octanol–water partition coefficient (Wildman–Crippen LogP) is 2.26. The van der Waals surface area contributed by atoms with E-state index in [1.54, 1.807) is 11.3 Å². The van der Waals surface area contributed by atoms with Crippen molar-refractivity contribution in [3.63, 3.8) is 0 Å². The molecule has 0 fully saturated rings. The monoisotopic (exact) mass is 326 g/mol. The average Bonchev–Trinajstić information content (AvgIpc) is 2.91. The molecule has 2 aromatic carbocycles. The van der Waals surface area contributed by atoms with Crippen LogP contribution >= 0.6 is 11.3 Å². The number of anilines is 1. The number of nitrogens with one attached hydrogen (secondary N) is 2. The van der Waals surface area contributed by atoms with Gasteiger partial charge in [0.2, 0.25) is 0 Å². The third-order valence-electron chi connectivity index (χ3n) is 3.59. The Morgan fingerprint density at radius 2 is 1.91 bits per heavy atom. The smallest absolute Gasteiger partial charge is 0.279 e. The lowest BCUT2D eigenvalue weighted by molar-refractivity contribution is -0.885. The maximum atomic E-state index is 12.1. The van der Waals surface area contributed by atoms with Gasteiger partial charge in [-0.05, 0) is 31.2 Å². The number of aryl methyl sites for hydroxylation is 1. The van der Waals surface area contributed by atoms with Crippen LogP contribution in [0.3, 0.4) is 0 Å². The first-order chi connectivity index (χ1) is 11.1. The molecule has 1 heterocycles. The molecule has 5 heteroatoms. The maximum Gasteiger partial charge on any atom is 0.279 e. The second kappa shape index (κ2) is 6.89. The largest absolute Gasteiger partial charge is 0.324 e. The summed E-state index contributed by atoms with van der Waals surface area (Å²) in [6, 6.07) is 16.0. The lowest BCUT2D eigenvalue weighted by Crippen LogP contribution is -3.08. The molecule has 1 amide bonds. The van der Waals surface area contributed by atoms with Gasteiger partial charge in [0.25, 0.3) is 5.91 Å². The minimum atomic E-state index is 0.0208. The topological polar surface area (TPSA) is 46.4 Å². The highest BCUT2D eigenvalue weighted by molar-refractivity contribution is 7.18. The zero-order valence-electron chi connectivity index (χ0n) is 13.3. The number of rotatable bonds is 5. The van der Waals surface area contributed by atoms with Crippen LogP contribution in [0.1, 0.15) is 10.6 Å². The van der Waals surface area contributed by atoms with Crippen LogP contribution in [0.2, 0.25) is 0 Å². The van der Waals surface area contributed by atoms with E-state index in [4.69, 9.17) is 0 Å². The molecular weight excluding hydrogens is 306 g/mol. The zero-order valence-corrected chi connectivity index (χ0v) is 14.1. The van der Waals surface area contributed by atoms with Crippen molar-refractivity contribution >= 4 is 33.1 Å². The van der Waals surface area contributed by atoms with E-state index in [9.17, 15) is 4.79 Å². The minimum absolute atomic E-state index is 0.0208. The minimum Gasteiger partial charge on any atom is -0.324 e. The Bertz CT molecular complexity index is 778. The summed E-state index contributed by atoms with van der Waals surface area (Å²) < 4.78 is 1.19. The van der Waals surface area contributed by atoms with Crippen LogP contribution in [0.25, 0.3) is 10.2 Å². The van der Waals surface area contributed by atoms with Gasteiger partial charge >= 0.3 is 0 Å². The summed E-state index contributed by atoms with van der Waals surface area (Å²) in [7, 11) is 2.01. The Labute approximate surface area is 139 Å². The number of para-hydroxylation sites is 1. The number of fused-ring (bicyclic) bond motifs is 1. The van der Waals surface area contributed by atoms with Crippen LogP contribution in [0.15, 0.2) is 48.5 Å². The Morgan fingerprint density at radius 3 is 2.65 bits per heavy atom. The highest BCUT2D eigenvalue weighted by Crippen LogP contribution is 2.20. The number of amides is 1. The molecule has 1 atom stereocenters. The Kier molecular flexibility index (Phi) is 4.69. The summed E-state index contributed by atoms with van der Waals surface area (Å²) in [6.45, 7) is 3.20. The van der Waals surface area contributed by atoms with Crippen molar-refractivity contribution in [1.29, 1.82) is 0 Å². The fourth-order valence-corrected chi connectivity index (χ4v) is 3.51. The van der Waals surface area contributed by atoms with Gasteiger partial charge in [0.1, 0.15) is 11.6 Å². The number of aromatic nitrogens is 1. The van der Waals surface area contributed by atoms with E-state index in [2.05, 4.69) is 16.4 Å². The van der Waals surface area contributed by atoms with E-state index >= 15 is 0 Å². The van der Waals surface area contributed by atoms with Crippen LogP contribution < -0.4 is 10.2 Å². The third-order valence-corrected chi connectivity index (χ3v) is 4.63. The molecule has 0 spiro atoms. The molecule has 4 nitrogen and oxygen atoms in total. The Balaban J connectivity index is 1.56. The SMILES string of the molecule is Cc1ccc(NC(=O)C[NH+](C)Cc2nc3ccccc3s2)cc1. The fraction of sp³-hybridized carbons (Fsp3) is 0.222. The van der Waals surface area contributed by atoms with Gasteiger partial charge in [-0.25, -0.2) is 4.98 Å². The number of hydrogen-bond donors (Lipinski definition) is 2. The predicted molar refractivity (Wildman–Crippen MR) is 94.9 cm³/mol. The molecular formula is C18H20N3OS+. The van der Waals surface area contributed by atoms with Crippen LogP contribution in [-0.2, 0) is 11.3 Å². The first kappa shape index (κ1) is 15.6. The molecule has 0 aliphatic carbocycles. The van der Waals surface area contributed by atoms with Gasteiger partial charge in [-0.15, -0.1) is 11.3 Å². The number of carbonyl (C=O) groups is 1. The van der Waals surface area contributed by atoms with Gasteiger partial charge in [0, 0.05) is 5.69 Å². The van der Waals surface area contributed by atoms with Crippen LogP contribution in [0.4, 0.5) is 5.69 Å². The summed E-state index contributed by atoms with van der Waals surface area (Å²) in [5.41, 5.74) is 3.05. The zero-order chi connectivity index (χ0) is 16.2. The summed E-state index contributed by atoms with van der Waals surface area (Å²) in [4.78, 5) is 17.9. The lowest BCUT2D eigenvalue weighted by Gasteiger charge is -2.12. The fourth-order valence-electron chi connectivity index (χ4n) is 2.43. The number of quaternary nitrogens is 1. The molecule has 0 radical (unpaired) electrons. The van der Waals surface area contributed by atoms with Gasteiger partial charge in [0.15, 0.2) is 6.54 Å². The second-order valence-electron chi connectivity index (χ2n) is 5.80. The van der Waals surface area contributed by atoms with Crippen LogP contribution in [-0.4, -0.2) is 24.5 Å². The first-order valence-corrected chi connectivity index (χ1v) is 8.44. The van der Waals surface area contributed by atoms with Crippen LogP contribution in [0, 0.1) is 6.92 Å². The number of hydrogen-bond acceptors (Lipinski definition) is 3. The Hall–Kier alpha value is -2.24. The van der Waals surface area contributed by atoms with Crippen molar-refractivity contribution in [2.24, 2.45) is 0 Å². The molecule has 0 aliphatic heterocycles. The quantitative estimate of drug-likeness (QED) is 0.755. The Morgan fingerprint density at radius 1 is 1.17 bits per heavy atom. The van der Waals surface area contributed by atoms with Gasteiger partial charge in [-0.2, -0.15) is 0 Å². The van der Waals surface area contributed by atoms with E-state index in [0.29, 0.717) is 6.54 Å². The normalized spacial score (nSPS) is 12.3. The van der Waals surface area contributed by atoms with Gasteiger partial charge in [-0.3, -0.25) is 4.79 Å². The second-order valence-corrected chi connectivity index (χ2v) is 6.92. The third kappa shape index (κ3) is 4.15. The standard InChI is InChI=1S/C18H19N3OS/c1-13-7-9-14(10-8-13)19-17(22)11-21(2)12-18-20-15-5-3-4-6-16(15)23-18/h3-10H,11-12H2,1-2H3,(H,19,22)/p+1. The first-order valence-electron chi connectivity index (χ1n) is 7.62. The molecule has 3 rings (SSSR count). The van der Waals surface area contributed by atoms with E-state index in [-0.39, 0.29) is 5.91 Å². The molecule has 1 aromatic heterocycles. The van der Waals surface area contributed by atoms with Gasteiger partial charge < -0.3 is 10.2 Å². The number of carbonyl (C=O) groups excluding carboxylic acids is 1. The number of thiazole rings is 1. The van der Waals surface area contributed by atoms with E-state index in [1.165, 1.54) is 10.3 Å². The van der Waals surface area contributed by atoms with Crippen molar-refractivity contribution in [2.75, 3.05) is 18.9 Å². The molecule has 2 N–H and O–H groups in total. The van der Waals surface area contributed by atoms with Gasteiger partial charge in [0.05, 0.1) is 17.3 Å². The molecule has 0 saturated heterocycles. The average molecular weight is 326 g/mol. The molecule has 3 aromatic rings. The molecule has 23 heavy (non-hydrogen) atoms. The highest BCUT2D eigenvalue weighted by atomic mass is 32.1. The molecule has 118 valence electrons. The summed E-state index contributed by atoms with van der Waals surface area (Å²) >= 11 is 1.69. The van der Waals surface area contributed by atoms with Crippen molar-refractivity contribution < 1.29 is 9.69 Å². The number of nitrogens with zero attached hydrogens (tertiary/aromatic N) is 1. The van der Waals surface area contributed by atoms with Crippen molar-refractivity contribution in [1.82, 2.24) is 4.98 Å². The van der Waals surface area contributed by atoms with E-state index < -0.39 is 0 Å². The van der Waals surface area contributed by atoms with Crippen molar-refractivity contribution in [3.8, 4) is 0 Å². The summed E-state index contributed by atoms with van der Waals surface area (Å²) in [5, 5.41) is 4.00. The summed E-state index contributed by atoms with van der Waals surface area (Å²) in [5.74, 6) is 0.0208. The van der Waals surface area contributed by atoms with E-state index in [0.717, 1.165) is 27.7 Å². The lowest BCUT2D eigenvalue weighted by atomic mass is 10.2. The highest BCUT2D eigenvalue weighted by Gasteiger charge is 2.13. The van der Waals surface area contributed by atoms with Crippen molar-refractivity contribution in [2.45, 2.75) is 13.5 Å². The van der Waals surface area contributed by atoms with Crippen LogP contribution in [0.5, 0.6) is 0 Å².